The fourth-order valence-electron chi connectivity index (χ4n) is 4.54. The molecule has 1 fully saturated rings. The van der Waals surface area contributed by atoms with Crippen molar-refractivity contribution in [2.24, 2.45) is 5.92 Å². The van der Waals surface area contributed by atoms with Crippen molar-refractivity contribution in [2.75, 3.05) is 25.0 Å². The van der Waals surface area contributed by atoms with Crippen LogP contribution in [0.4, 0.5) is 5.82 Å². The molecule has 0 radical (unpaired) electrons. The molecule has 2 aromatic heterocycles. The van der Waals surface area contributed by atoms with Gasteiger partial charge in [0.1, 0.15) is 17.6 Å². The van der Waals surface area contributed by atoms with Crippen LogP contribution in [0.2, 0.25) is 0 Å². The van der Waals surface area contributed by atoms with Gasteiger partial charge in [0.05, 0.1) is 30.8 Å². The predicted octanol–water partition coefficient (Wildman–Crippen LogP) is 3.57. The Kier molecular flexibility index (Phi) is 8.34. The van der Waals surface area contributed by atoms with Crippen LogP contribution in [0, 0.1) is 31.1 Å². The van der Waals surface area contributed by atoms with E-state index in [0.29, 0.717) is 24.5 Å². The number of hydrogen-bond acceptors (Lipinski definition) is 5. The highest BCUT2D eigenvalue weighted by Gasteiger charge is 2.28. The van der Waals surface area contributed by atoms with Gasteiger partial charge >= 0.3 is 0 Å². The SMILES string of the molecule is CCCC(C)NC(=O)C1CCCN(CC(=O)Nc2c(C#N)c(C)c(C)n2Cc2ccco2)C1. The number of rotatable bonds is 9. The van der Waals surface area contributed by atoms with E-state index < -0.39 is 0 Å². The van der Waals surface area contributed by atoms with Gasteiger partial charge in [-0.15, -0.1) is 0 Å². The van der Waals surface area contributed by atoms with E-state index in [9.17, 15) is 14.9 Å². The van der Waals surface area contributed by atoms with Gasteiger partial charge in [-0.25, -0.2) is 0 Å². The zero-order chi connectivity index (χ0) is 24.0. The lowest BCUT2D eigenvalue weighted by atomic mass is 9.96. The van der Waals surface area contributed by atoms with Crippen LogP contribution < -0.4 is 10.6 Å². The molecule has 2 N–H and O–H groups in total. The molecule has 2 unspecified atom stereocenters. The average Bonchev–Trinajstić information content (AvgIpc) is 3.37. The van der Waals surface area contributed by atoms with Crippen LogP contribution in [0.1, 0.15) is 62.1 Å². The first-order valence-corrected chi connectivity index (χ1v) is 11.8. The zero-order valence-electron chi connectivity index (χ0n) is 20.1. The van der Waals surface area contributed by atoms with Crippen LogP contribution >= 0.6 is 0 Å². The van der Waals surface area contributed by atoms with E-state index in [0.717, 1.165) is 49.2 Å². The molecule has 0 aliphatic carbocycles. The molecule has 2 aromatic rings. The third kappa shape index (κ3) is 6.05. The summed E-state index contributed by atoms with van der Waals surface area (Å²) in [6.07, 6.45) is 5.32. The van der Waals surface area contributed by atoms with Crippen LogP contribution in [0.5, 0.6) is 0 Å². The smallest absolute Gasteiger partial charge is 0.239 e. The number of furan rings is 1. The number of nitriles is 1. The number of anilines is 1. The first kappa shape index (κ1) is 24.6. The lowest BCUT2D eigenvalue weighted by Gasteiger charge is -2.32. The summed E-state index contributed by atoms with van der Waals surface area (Å²) < 4.78 is 7.38. The van der Waals surface area contributed by atoms with E-state index in [-0.39, 0.29) is 30.3 Å². The summed E-state index contributed by atoms with van der Waals surface area (Å²) in [6, 6.07) is 6.08. The number of piperidine rings is 1. The van der Waals surface area contributed by atoms with Crippen LogP contribution in [-0.2, 0) is 16.1 Å². The molecule has 8 nitrogen and oxygen atoms in total. The number of aromatic nitrogens is 1. The number of likely N-dealkylation sites (tertiary alicyclic amines) is 1. The van der Waals surface area contributed by atoms with Gasteiger partial charge in [-0.2, -0.15) is 5.26 Å². The fraction of sp³-hybridized carbons (Fsp3) is 0.560. The van der Waals surface area contributed by atoms with Crippen LogP contribution in [0.3, 0.4) is 0 Å². The molecular weight excluding hydrogens is 418 g/mol. The molecule has 2 amide bonds. The summed E-state index contributed by atoms with van der Waals surface area (Å²) in [6.45, 7) is 9.91. The van der Waals surface area contributed by atoms with E-state index in [1.165, 1.54) is 0 Å². The molecule has 1 aliphatic rings. The number of carbonyl (C=O) groups is 2. The molecule has 1 saturated heterocycles. The maximum atomic E-state index is 13.0. The standard InChI is InChI=1S/C25H35N5O3/c1-5-8-17(2)27-25(32)20-9-6-11-29(14-20)16-23(31)28-24-22(13-26)18(3)19(4)30(24)15-21-10-7-12-33-21/h7,10,12,17,20H,5-6,8-9,11,14-16H2,1-4H3,(H,27,32)(H,28,31). The van der Waals surface area contributed by atoms with Gasteiger partial charge in [-0.3, -0.25) is 14.5 Å². The molecule has 0 bridgehead atoms. The van der Waals surface area contributed by atoms with Gasteiger partial charge < -0.3 is 19.6 Å². The fourth-order valence-corrected chi connectivity index (χ4v) is 4.54. The van der Waals surface area contributed by atoms with Crippen molar-refractivity contribution in [1.82, 2.24) is 14.8 Å². The van der Waals surface area contributed by atoms with E-state index in [1.54, 1.807) is 6.26 Å². The minimum atomic E-state index is -0.190. The van der Waals surface area contributed by atoms with Crippen LogP contribution in [-0.4, -0.2) is 47.0 Å². The topological polar surface area (TPSA) is 103 Å². The first-order valence-electron chi connectivity index (χ1n) is 11.8. The summed E-state index contributed by atoms with van der Waals surface area (Å²) >= 11 is 0. The second-order valence-electron chi connectivity index (χ2n) is 9.03. The monoisotopic (exact) mass is 453 g/mol. The van der Waals surface area contributed by atoms with Crippen molar-refractivity contribution >= 4 is 17.6 Å². The van der Waals surface area contributed by atoms with Gasteiger partial charge in [0, 0.05) is 18.3 Å². The minimum absolute atomic E-state index is 0.0754. The number of amides is 2. The normalized spacial score (nSPS) is 17.4. The maximum absolute atomic E-state index is 13.0. The Bertz CT molecular complexity index is 1000. The molecule has 0 saturated carbocycles. The van der Waals surface area contributed by atoms with Gasteiger partial charge in [-0.1, -0.05) is 13.3 Å². The largest absolute Gasteiger partial charge is 0.467 e. The number of nitrogens with one attached hydrogen (secondary N) is 2. The van der Waals surface area contributed by atoms with Crippen molar-refractivity contribution in [3.8, 4) is 6.07 Å². The predicted molar refractivity (Wildman–Crippen MR) is 127 cm³/mol. The second-order valence-corrected chi connectivity index (χ2v) is 9.03. The highest BCUT2D eigenvalue weighted by molar-refractivity contribution is 5.93. The van der Waals surface area contributed by atoms with Gasteiger partial charge in [0.2, 0.25) is 11.8 Å². The molecule has 178 valence electrons. The number of nitrogens with zero attached hydrogens (tertiary/aromatic N) is 3. The van der Waals surface area contributed by atoms with Gasteiger partial charge in [0.25, 0.3) is 0 Å². The van der Waals surface area contributed by atoms with Crippen LogP contribution in [0.15, 0.2) is 22.8 Å². The Labute approximate surface area is 195 Å². The first-order chi connectivity index (χ1) is 15.8. The van der Waals surface area contributed by atoms with Gasteiger partial charge in [-0.05, 0) is 64.3 Å². The molecule has 0 aromatic carbocycles. The Morgan fingerprint density at radius 2 is 2.15 bits per heavy atom. The summed E-state index contributed by atoms with van der Waals surface area (Å²) in [7, 11) is 0. The quantitative estimate of drug-likeness (QED) is 0.604. The molecule has 33 heavy (non-hydrogen) atoms. The Morgan fingerprint density at radius 3 is 2.82 bits per heavy atom. The van der Waals surface area contributed by atoms with Crippen molar-refractivity contribution in [3.63, 3.8) is 0 Å². The third-order valence-electron chi connectivity index (χ3n) is 6.45. The van der Waals surface area contributed by atoms with E-state index in [1.807, 2.05) is 42.4 Å². The highest BCUT2D eigenvalue weighted by atomic mass is 16.3. The number of hydrogen-bond donors (Lipinski definition) is 2. The highest BCUT2D eigenvalue weighted by Crippen LogP contribution is 2.27. The summed E-state index contributed by atoms with van der Waals surface area (Å²) in [5, 5.41) is 15.8. The van der Waals surface area contributed by atoms with E-state index in [2.05, 4.69) is 23.6 Å². The molecule has 3 rings (SSSR count). The van der Waals surface area contributed by atoms with Gasteiger partial charge in [0.15, 0.2) is 0 Å². The molecule has 0 spiro atoms. The molecule has 2 atom stereocenters. The van der Waals surface area contributed by atoms with Crippen molar-refractivity contribution in [2.45, 2.75) is 66.0 Å². The van der Waals surface area contributed by atoms with Crippen molar-refractivity contribution < 1.29 is 14.0 Å². The van der Waals surface area contributed by atoms with Crippen molar-refractivity contribution in [3.05, 3.63) is 41.0 Å². The molecular formula is C25H35N5O3. The van der Waals surface area contributed by atoms with Crippen LogP contribution in [0.25, 0.3) is 0 Å². The second kappa shape index (κ2) is 11.2. The lowest BCUT2D eigenvalue weighted by Crippen LogP contribution is -2.47. The average molecular weight is 454 g/mol. The van der Waals surface area contributed by atoms with E-state index >= 15 is 0 Å². The summed E-state index contributed by atoms with van der Waals surface area (Å²) in [5.41, 5.74) is 2.22. The molecule has 1 aliphatic heterocycles. The Hall–Kier alpha value is -3.05. The zero-order valence-corrected chi connectivity index (χ0v) is 20.1. The van der Waals surface area contributed by atoms with E-state index in [4.69, 9.17) is 4.42 Å². The maximum Gasteiger partial charge on any atom is 0.239 e. The summed E-state index contributed by atoms with van der Waals surface area (Å²) in [4.78, 5) is 27.6. The Balaban J connectivity index is 1.66. The Morgan fingerprint density at radius 1 is 1.36 bits per heavy atom. The minimum Gasteiger partial charge on any atom is -0.467 e. The molecule has 3 heterocycles. The lowest BCUT2D eigenvalue weighted by molar-refractivity contribution is -0.128. The van der Waals surface area contributed by atoms with Crippen molar-refractivity contribution in [1.29, 1.82) is 5.26 Å². The number of carbonyl (C=O) groups excluding carboxylic acids is 2. The molecule has 8 heteroatoms. The third-order valence-corrected chi connectivity index (χ3v) is 6.45. The summed E-state index contributed by atoms with van der Waals surface area (Å²) in [5.74, 6) is 1.02.